The van der Waals surface area contributed by atoms with Gasteiger partial charge in [-0.05, 0) is 31.0 Å². The van der Waals surface area contributed by atoms with E-state index in [1.807, 2.05) is 0 Å². The topological polar surface area (TPSA) is 108 Å². The maximum absolute atomic E-state index is 12.3. The van der Waals surface area contributed by atoms with Crippen molar-refractivity contribution < 1.29 is 22.7 Å². The number of methoxy groups -OCH3 is 2. The predicted octanol–water partition coefficient (Wildman–Crippen LogP) is 0.760. The van der Waals surface area contributed by atoms with Gasteiger partial charge in [0.2, 0.25) is 10.0 Å². The Labute approximate surface area is 124 Å². The van der Waals surface area contributed by atoms with Crippen LogP contribution in [-0.4, -0.2) is 41.8 Å². The molecule has 0 aliphatic rings. The third-order valence-corrected chi connectivity index (χ3v) is 4.27. The molecule has 0 amide bonds. The summed E-state index contributed by atoms with van der Waals surface area (Å²) in [5.41, 5.74) is 5.81. The van der Waals surface area contributed by atoms with E-state index in [2.05, 4.69) is 9.46 Å². The van der Waals surface area contributed by atoms with E-state index in [1.165, 1.54) is 25.3 Å². The molecule has 21 heavy (non-hydrogen) atoms. The number of carbonyl (C=O) groups excluding carboxylic acids is 1. The smallest absolute Gasteiger partial charge is 0.339 e. The first-order valence-corrected chi connectivity index (χ1v) is 7.87. The maximum Gasteiger partial charge on any atom is 0.339 e. The number of nitrogens with one attached hydrogen (secondary N) is 1. The molecular weight excluding hydrogens is 296 g/mol. The Kier molecular flexibility index (Phi) is 6.60. The molecule has 3 N–H and O–H groups in total. The van der Waals surface area contributed by atoms with E-state index in [4.69, 9.17) is 10.5 Å². The lowest BCUT2D eigenvalue weighted by Gasteiger charge is -2.11. The summed E-state index contributed by atoms with van der Waals surface area (Å²) in [6.45, 7) is 0.814. The molecule has 0 atom stereocenters. The lowest BCUT2D eigenvalue weighted by molar-refractivity contribution is 0.0596. The standard InChI is InChI=1S/C13H20N2O5S/c1-19-8-4-3-7-15-21(17,18)12-9-10(14)5-6-11(12)13(16)20-2/h5-6,9,15H,3-4,7-8,14H2,1-2H3. The molecule has 0 bridgehead atoms. The van der Waals surface area contributed by atoms with Gasteiger partial charge in [0.1, 0.15) is 0 Å². The third kappa shape index (κ3) is 5.00. The lowest BCUT2D eigenvalue weighted by Crippen LogP contribution is -2.27. The van der Waals surface area contributed by atoms with Crippen LogP contribution in [0.3, 0.4) is 0 Å². The highest BCUT2D eigenvalue weighted by Gasteiger charge is 2.22. The van der Waals surface area contributed by atoms with Gasteiger partial charge in [-0.3, -0.25) is 0 Å². The second kappa shape index (κ2) is 7.96. The molecule has 8 heteroatoms. The van der Waals surface area contributed by atoms with Gasteiger partial charge in [-0.25, -0.2) is 17.9 Å². The van der Waals surface area contributed by atoms with Crippen LogP contribution in [0.2, 0.25) is 0 Å². The molecule has 1 aromatic carbocycles. The number of ether oxygens (including phenoxy) is 2. The number of sulfonamides is 1. The van der Waals surface area contributed by atoms with Gasteiger partial charge in [-0.2, -0.15) is 0 Å². The van der Waals surface area contributed by atoms with Crippen LogP contribution >= 0.6 is 0 Å². The molecule has 0 radical (unpaired) electrons. The van der Waals surface area contributed by atoms with Crippen LogP contribution in [-0.2, 0) is 19.5 Å². The molecule has 0 aliphatic heterocycles. The zero-order valence-electron chi connectivity index (χ0n) is 12.1. The van der Waals surface area contributed by atoms with E-state index in [-0.39, 0.29) is 22.7 Å². The van der Waals surface area contributed by atoms with Crippen molar-refractivity contribution in [1.29, 1.82) is 0 Å². The van der Waals surface area contributed by atoms with Crippen molar-refractivity contribution >= 4 is 21.7 Å². The van der Waals surface area contributed by atoms with Crippen molar-refractivity contribution in [2.24, 2.45) is 0 Å². The molecule has 1 aromatic rings. The first-order chi connectivity index (χ1) is 9.92. The SMILES string of the molecule is COCCCCNS(=O)(=O)c1cc(N)ccc1C(=O)OC. The van der Waals surface area contributed by atoms with Gasteiger partial charge < -0.3 is 15.2 Å². The molecule has 0 saturated heterocycles. The van der Waals surface area contributed by atoms with E-state index in [9.17, 15) is 13.2 Å². The molecule has 1 rings (SSSR count). The normalized spacial score (nSPS) is 11.3. The summed E-state index contributed by atoms with van der Waals surface area (Å²) in [7, 11) is -1.06. The molecule has 0 saturated carbocycles. The summed E-state index contributed by atoms with van der Waals surface area (Å²) in [6.07, 6.45) is 1.36. The van der Waals surface area contributed by atoms with Crippen molar-refractivity contribution in [3.05, 3.63) is 23.8 Å². The zero-order chi connectivity index (χ0) is 15.9. The van der Waals surface area contributed by atoms with Crippen molar-refractivity contribution in [3.63, 3.8) is 0 Å². The summed E-state index contributed by atoms with van der Waals surface area (Å²) < 4.78 is 36.4. The highest BCUT2D eigenvalue weighted by atomic mass is 32.2. The highest BCUT2D eigenvalue weighted by Crippen LogP contribution is 2.20. The summed E-state index contributed by atoms with van der Waals surface area (Å²) in [4.78, 5) is 11.5. The fourth-order valence-electron chi connectivity index (χ4n) is 1.70. The maximum atomic E-state index is 12.3. The lowest BCUT2D eigenvalue weighted by atomic mass is 10.2. The first-order valence-electron chi connectivity index (χ1n) is 6.39. The minimum absolute atomic E-state index is 0.0453. The molecule has 0 unspecified atom stereocenters. The largest absolute Gasteiger partial charge is 0.465 e. The molecule has 7 nitrogen and oxygen atoms in total. The van der Waals surface area contributed by atoms with Crippen LogP contribution in [0.15, 0.2) is 23.1 Å². The Hall–Kier alpha value is -1.64. The molecule has 0 fully saturated rings. The van der Waals surface area contributed by atoms with Crippen LogP contribution in [0.4, 0.5) is 5.69 Å². The Morgan fingerprint density at radius 3 is 2.62 bits per heavy atom. The van der Waals surface area contributed by atoms with Crippen molar-refractivity contribution in [2.45, 2.75) is 17.7 Å². The number of esters is 1. The van der Waals surface area contributed by atoms with Crippen LogP contribution in [0.1, 0.15) is 23.2 Å². The Morgan fingerprint density at radius 1 is 1.29 bits per heavy atom. The Bertz CT molecular complexity index is 586. The Morgan fingerprint density at radius 2 is 2.00 bits per heavy atom. The number of anilines is 1. The number of unbranched alkanes of at least 4 members (excludes halogenated alkanes) is 1. The fraction of sp³-hybridized carbons (Fsp3) is 0.462. The van der Waals surface area contributed by atoms with Gasteiger partial charge in [0.15, 0.2) is 0 Å². The third-order valence-electron chi connectivity index (χ3n) is 2.77. The van der Waals surface area contributed by atoms with Crippen molar-refractivity contribution in [1.82, 2.24) is 4.72 Å². The van der Waals surface area contributed by atoms with E-state index in [0.717, 1.165) is 6.42 Å². The number of hydrogen-bond donors (Lipinski definition) is 2. The van der Waals surface area contributed by atoms with Crippen LogP contribution in [0, 0.1) is 0 Å². The molecule has 0 aromatic heterocycles. The van der Waals surface area contributed by atoms with Gasteiger partial charge in [0, 0.05) is 25.9 Å². The van der Waals surface area contributed by atoms with Crippen LogP contribution < -0.4 is 10.5 Å². The van der Waals surface area contributed by atoms with E-state index < -0.39 is 16.0 Å². The number of hydrogen-bond acceptors (Lipinski definition) is 6. The molecule has 118 valence electrons. The number of nitrogen functional groups attached to an aromatic ring is 1. The monoisotopic (exact) mass is 316 g/mol. The summed E-state index contributed by atoms with van der Waals surface area (Å²) in [5.74, 6) is -0.727. The van der Waals surface area contributed by atoms with E-state index in [0.29, 0.717) is 13.0 Å². The fourth-order valence-corrected chi connectivity index (χ4v) is 3.00. The van der Waals surface area contributed by atoms with E-state index >= 15 is 0 Å². The van der Waals surface area contributed by atoms with Crippen LogP contribution in [0.25, 0.3) is 0 Å². The minimum Gasteiger partial charge on any atom is -0.465 e. The number of rotatable bonds is 8. The predicted molar refractivity (Wildman–Crippen MR) is 78.5 cm³/mol. The van der Waals surface area contributed by atoms with Gasteiger partial charge in [0.05, 0.1) is 17.6 Å². The second-order valence-corrected chi connectivity index (χ2v) is 6.08. The van der Waals surface area contributed by atoms with Gasteiger partial charge in [0.25, 0.3) is 0 Å². The summed E-state index contributed by atoms with van der Waals surface area (Å²) in [6, 6.07) is 4.02. The zero-order valence-corrected chi connectivity index (χ0v) is 12.9. The van der Waals surface area contributed by atoms with Crippen molar-refractivity contribution in [3.8, 4) is 0 Å². The van der Waals surface area contributed by atoms with E-state index in [1.54, 1.807) is 7.11 Å². The van der Waals surface area contributed by atoms with Gasteiger partial charge in [-0.1, -0.05) is 0 Å². The van der Waals surface area contributed by atoms with Gasteiger partial charge in [-0.15, -0.1) is 0 Å². The molecule has 0 spiro atoms. The number of carbonyl (C=O) groups is 1. The van der Waals surface area contributed by atoms with Crippen molar-refractivity contribution in [2.75, 3.05) is 33.1 Å². The Balaban J connectivity index is 2.91. The average molecular weight is 316 g/mol. The minimum atomic E-state index is -3.83. The highest BCUT2D eigenvalue weighted by molar-refractivity contribution is 7.89. The summed E-state index contributed by atoms with van der Waals surface area (Å²) >= 11 is 0. The first kappa shape index (κ1) is 17.4. The van der Waals surface area contributed by atoms with Crippen LogP contribution in [0.5, 0.6) is 0 Å². The average Bonchev–Trinajstić information content (AvgIpc) is 2.46. The number of nitrogens with two attached hydrogens (primary N) is 1. The van der Waals surface area contributed by atoms with Gasteiger partial charge >= 0.3 is 5.97 Å². The molecular formula is C13H20N2O5S. The molecule has 0 heterocycles. The summed E-state index contributed by atoms with van der Waals surface area (Å²) in [5, 5.41) is 0. The second-order valence-electron chi connectivity index (χ2n) is 4.34. The molecule has 0 aliphatic carbocycles. The quantitative estimate of drug-likeness (QED) is 0.416. The number of benzene rings is 1.